The molecule has 2 aromatic rings. The van der Waals surface area contributed by atoms with Crippen LogP contribution in [0.15, 0.2) is 11.1 Å². The van der Waals surface area contributed by atoms with Crippen molar-refractivity contribution in [1.82, 2.24) is 24.2 Å². The van der Waals surface area contributed by atoms with E-state index in [0.29, 0.717) is 35.2 Å². The molecule has 1 saturated heterocycles. The number of aryl methyl sites for hydroxylation is 1. The maximum Gasteiger partial charge on any atom is 0.279 e. The second-order valence-electron chi connectivity index (χ2n) is 7.89. The predicted molar refractivity (Wildman–Crippen MR) is 130 cm³/mol. The Morgan fingerprint density at radius 2 is 1.90 bits per heavy atom. The van der Waals surface area contributed by atoms with Crippen LogP contribution in [0.3, 0.4) is 0 Å². The van der Waals surface area contributed by atoms with Gasteiger partial charge in [0.2, 0.25) is 0 Å². The lowest BCUT2D eigenvalue weighted by Crippen LogP contribution is -2.32. The third-order valence-electron chi connectivity index (χ3n) is 5.05. The molecule has 31 heavy (non-hydrogen) atoms. The summed E-state index contributed by atoms with van der Waals surface area (Å²) in [6.45, 7) is 18.9. The second-order valence-corrected chi connectivity index (χ2v) is 9.64. The van der Waals surface area contributed by atoms with Gasteiger partial charge in [0.15, 0.2) is 11.2 Å². The molecular formula is C22H42N5O3P. The standard InChI is InChI=1S/C12H16N4O2.C8H20NOP.C2H6/c1-3-8-4-5-9(18-8)16-6-13-10-11(16)14-7(2)15-12(10)17;1-7(2)9(8(3)4)11(6)10-5;1-2/h6,8-9H,3-5H2,1-2H3,(H,14,15,17);7-8H,1-6H3;1-2H3/t8-,9-;;/m1../s1. The SMILES string of the molecule is CC.CC[C@@H]1CC[C@H](n2cnc3c(=O)[nH]c(C)nc32)O1.COP(C)N(C(C)C)C(C)C. The van der Waals surface area contributed by atoms with Crippen molar-refractivity contribution in [3.8, 4) is 0 Å². The molecule has 0 aliphatic carbocycles. The maximum atomic E-state index is 11.7. The average Bonchev–Trinajstić information content (AvgIpc) is 3.36. The lowest BCUT2D eigenvalue weighted by molar-refractivity contribution is 0.00288. The number of rotatable bonds is 6. The van der Waals surface area contributed by atoms with Crippen molar-refractivity contribution in [2.24, 2.45) is 0 Å². The number of hydrogen-bond donors (Lipinski definition) is 1. The Bertz CT molecular complexity index is 828. The third kappa shape index (κ3) is 7.35. The number of H-pyrrole nitrogens is 1. The summed E-state index contributed by atoms with van der Waals surface area (Å²) in [5, 5.41) is 0. The smallest absolute Gasteiger partial charge is 0.279 e. The van der Waals surface area contributed by atoms with Crippen LogP contribution in [0.5, 0.6) is 0 Å². The zero-order valence-corrected chi connectivity index (χ0v) is 21.9. The average molecular weight is 456 g/mol. The summed E-state index contributed by atoms with van der Waals surface area (Å²) >= 11 is 0. The van der Waals surface area contributed by atoms with Crippen LogP contribution in [0.1, 0.15) is 79.8 Å². The van der Waals surface area contributed by atoms with Gasteiger partial charge in [-0.3, -0.25) is 14.0 Å². The van der Waals surface area contributed by atoms with Crippen molar-refractivity contribution in [2.45, 2.75) is 99.1 Å². The molecule has 1 N–H and O–H groups in total. The topological polar surface area (TPSA) is 85.3 Å². The van der Waals surface area contributed by atoms with E-state index in [4.69, 9.17) is 9.26 Å². The van der Waals surface area contributed by atoms with Crippen LogP contribution < -0.4 is 5.56 Å². The minimum absolute atomic E-state index is 0.0475. The number of aromatic nitrogens is 4. The Morgan fingerprint density at radius 1 is 1.29 bits per heavy atom. The van der Waals surface area contributed by atoms with Crippen molar-refractivity contribution in [3.05, 3.63) is 22.5 Å². The maximum absolute atomic E-state index is 11.7. The van der Waals surface area contributed by atoms with E-state index in [1.807, 2.05) is 18.4 Å². The Balaban J connectivity index is 0.000000321. The van der Waals surface area contributed by atoms with Crippen LogP contribution in [0.25, 0.3) is 11.2 Å². The van der Waals surface area contributed by atoms with Gasteiger partial charge >= 0.3 is 0 Å². The Labute approximate surface area is 188 Å². The fraction of sp³-hybridized carbons (Fsp3) is 0.773. The summed E-state index contributed by atoms with van der Waals surface area (Å²) in [7, 11) is 1.39. The van der Waals surface area contributed by atoms with Gasteiger partial charge in [0, 0.05) is 19.2 Å². The van der Waals surface area contributed by atoms with E-state index in [1.54, 1.807) is 20.4 Å². The minimum Gasteiger partial charge on any atom is -0.355 e. The molecule has 3 heterocycles. The number of imidazole rings is 1. The molecule has 8 nitrogen and oxygen atoms in total. The first-order chi connectivity index (χ1) is 14.7. The summed E-state index contributed by atoms with van der Waals surface area (Å²) in [5.41, 5.74) is 0.795. The molecule has 178 valence electrons. The molecule has 1 aliphatic heterocycles. The van der Waals surface area contributed by atoms with Gasteiger partial charge in [-0.25, -0.2) is 9.97 Å². The third-order valence-corrected chi connectivity index (χ3v) is 7.15. The summed E-state index contributed by atoms with van der Waals surface area (Å²) in [6, 6.07) is 1.15. The highest BCUT2D eigenvalue weighted by Gasteiger charge is 2.27. The van der Waals surface area contributed by atoms with Crippen molar-refractivity contribution < 1.29 is 9.26 Å². The van der Waals surface area contributed by atoms with E-state index < -0.39 is 0 Å². The molecule has 9 heteroatoms. The Morgan fingerprint density at radius 3 is 2.35 bits per heavy atom. The van der Waals surface area contributed by atoms with Gasteiger partial charge in [-0.15, -0.1) is 0 Å². The van der Waals surface area contributed by atoms with Crippen LogP contribution in [0, 0.1) is 6.92 Å². The fourth-order valence-electron chi connectivity index (χ4n) is 3.78. The van der Waals surface area contributed by atoms with Gasteiger partial charge in [-0.2, -0.15) is 0 Å². The Hall–Kier alpha value is -1.34. The summed E-state index contributed by atoms with van der Waals surface area (Å²) in [5.74, 6) is 0.597. The molecule has 3 rings (SSSR count). The van der Waals surface area contributed by atoms with Crippen molar-refractivity contribution in [2.75, 3.05) is 13.8 Å². The highest BCUT2D eigenvalue weighted by molar-refractivity contribution is 7.49. The van der Waals surface area contributed by atoms with E-state index in [2.05, 4.69) is 60.9 Å². The molecule has 0 aromatic carbocycles. The first kappa shape index (κ1) is 27.7. The second kappa shape index (κ2) is 13.3. The highest BCUT2D eigenvalue weighted by atomic mass is 31.2. The number of fused-ring (bicyclic) bond motifs is 1. The van der Waals surface area contributed by atoms with Gasteiger partial charge in [0.05, 0.1) is 12.4 Å². The van der Waals surface area contributed by atoms with Crippen molar-refractivity contribution in [3.63, 3.8) is 0 Å². The van der Waals surface area contributed by atoms with Gasteiger partial charge in [-0.05, 0) is 60.5 Å². The quantitative estimate of drug-likeness (QED) is 0.600. The summed E-state index contributed by atoms with van der Waals surface area (Å²) in [4.78, 5) is 22.9. The van der Waals surface area contributed by atoms with E-state index in [9.17, 15) is 4.79 Å². The lowest BCUT2D eigenvalue weighted by Gasteiger charge is -2.34. The Kier molecular flexibility index (Phi) is 11.8. The van der Waals surface area contributed by atoms with Gasteiger partial charge < -0.3 is 14.2 Å². The first-order valence-corrected chi connectivity index (χ1v) is 13.0. The van der Waals surface area contributed by atoms with E-state index in [0.717, 1.165) is 19.3 Å². The van der Waals surface area contributed by atoms with Gasteiger partial charge in [0.1, 0.15) is 20.4 Å². The van der Waals surface area contributed by atoms with Crippen LogP contribution in [0.2, 0.25) is 0 Å². The zero-order valence-electron chi connectivity index (χ0n) is 21.0. The molecule has 3 atom stereocenters. The number of hydrogen-bond acceptors (Lipinski definition) is 6. The number of nitrogens with zero attached hydrogens (tertiary/aromatic N) is 4. The predicted octanol–water partition coefficient (Wildman–Crippen LogP) is 5.24. The molecule has 0 bridgehead atoms. The van der Waals surface area contributed by atoms with E-state index >= 15 is 0 Å². The molecule has 0 spiro atoms. The van der Waals surface area contributed by atoms with E-state index in [-0.39, 0.29) is 20.1 Å². The van der Waals surface area contributed by atoms with Crippen LogP contribution >= 0.6 is 8.30 Å². The number of aromatic amines is 1. The molecule has 1 fully saturated rings. The summed E-state index contributed by atoms with van der Waals surface area (Å²) in [6.07, 6.45) is 4.90. The van der Waals surface area contributed by atoms with Crippen LogP contribution in [0.4, 0.5) is 0 Å². The van der Waals surface area contributed by atoms with E-state index in [1.165, 1.54) is 0 Å². The van der Waals surface area contributed by atoms with Crippen LogP contribution in [-0.4, -0.2) is 56.2 Å². The normalized spacial score (nSPS) is 19.4. The lowest BCUT2D eigenvalue weighted by atomic mass is 10.2. The minimum atomic E-state index is -0.387. The molecule has 0 amide bonds. The van der Waals surface area contributed by atoms with Gasteiger partial charge in [0.25, 0.3) is 5.56 Å². The van der Waals surface area contributed by atoms with Crippen molar-refractivity contribution in [1.29, 1.82) is 0 Å². The molecule has 1 aliphatic rings. The summed E-state index contributed by atoms with van der Waals surface area (Å²) < 4.78 is 15.5. The number of nitrogens with one attached hydrogen (secondary N) is 1. The molecule has 1 unspecified atom stereocenters. The highest BCUT2D eigenvalue weighted by Crippen LogP contribution is 2.39. The molecule has 0 radical (unpaired) electrons. The zero-order chi connectivity index (χ0) is 23.7. The molecule has 2 aromatic heterocycles. The number of ether oxygens (including phenoxy) is 1. The monoisotopic (exact) mass is 455 g/mol. The fourth-order valence-corrected chi connectivity index (χ4v) is 5.27. The van der Waals surface area contributed by atoms with Gasteiger partial charge in [-0.1, -0.05) is 20.8 Å². The van der Waals surface area contributed by atoms with Crippen LogP contribution in [-0.2, 0) is 9.26 Å². The van der Waals surface area contributed by atoms with Crippen molar-refractivity contribution >= 4 is 19.5 Å². The first-order valence-electron chi connectivity index (χ1n) is 11.3. The molecular weight excluding hydrogens is 413 g/mol. The largest absolute Gasteiger partial charge is 0.355 e. The molecule has 0 saturated carbocycles.